The lowest BCUT2D eigenvalue weighted by atomic mass is 9.87. The highest BCUT2D eigenvalue weighted by atomic mass is 16.5. The van der Waals surface area contributed by atoms with E-state index in [2.05, 4.69) is 42.5 Å². The largest absolute Gasteiger partial charge is 0.497 e. The van der Waals surface area contributed by atoms with E-state index in [9.17, 15) is 0 Å². The molecule has 1 fully saturated rings. The van der Waals surface area contributed by atoms with Crippen LogP contribution in [0.3, 0.4) is 0 Å². The van der Waals surface area contributed by atoms with Gasteiger partial charge in [0.05, 0.1) is 12.6 Å². The minimum atomic E-state index is 0.120. The van der Waals surface area contributed by atoms with Crippen molar-refractivity contribution in [3.63, 3.8) is 0 Å². The van der Waals surface area contributed by atoms with Crippen LogP contribution in [-0.2, 0) is 5.54 Å². The predicted molar refractivity (Wildman–Crippen MR) is 65.8 cm³/mol. The standard InChI is InChI=1S/C13H20N2O/c1-15(2)13(7-8-14-10-13)11-5-4-6-12(9-11)16-3/h4-6,9,14H,7-8,10H2,1-3H3. The van der Waals surface area contributed by atoms with Crippen molar-refractivity contribution >= 4 is 0 Å². The highest BCUT2D eigenvalue weighted by molar-refractivity contribution is 5.34. The van der Waals surface area contributed by atoms with E-state index in [1.807, 2.05) is 6.07 Å². The Balaban J connectivity index is 2.39. The SMILES string of the molecule is COc1cccc(C2(N(C)C)CCNC2)c1. The summed E-state index contributed by atoms with van der Waals surface area (Å²) in [7, 11) is 6.01. The number of likely N-dealkylation sites (N-methyl/N-ethyl adjacent to an activating group) is 1. The molecule has 0 aromatic heterocycles. The molecular formula is C13H20N2O. The average molecular weight is 220 g/mol. The summed E-state index contributed by atoms with van der Waals surface area (Å²) in [5.74, 6) is 0.936. The van der Waals surface area contributed by atoms with Crippen LogP contribution in [0.4, 0.5) is 0 Å². The molecule has 0 aliphatic carbocycles. The van der Waals surface area contributed by atoms with E-state index < -0.39 is 0 Å². The van der Waals surface area contributed by atoms with Gasteiger partial charge in [-0.05, 0) is 44.8 Å². The van der Waals surface area contributed by atoms with E-state index in [4.69, 9.17) is 4.74 Å². The normalized spacial score (nSPS) is 25.0. The fourth-order valence-corrected chi connectivity index (χ4v) is 2.48. The molecule has 0 spiro atoms. The van der Waals surface area contributed by atoms with Crippen molar-refractivity contribution < 1.29 is 4.74 Å². The van der Waals surface area contributed by atoms with Gasteiger partial charge in [-0.3, -0.25) is 4.90 Å². The fourth-order valence-electron chi connectivity index (χ4n) is 2.48. The maximum atomic E-state index is 5.30. The van der Waals surface area contributed by atoms with Gasteiger partial charge in [-0.2, -0.15) is 0 Å². The first-order chi connectivity index (χ1) is 7.69. The van der Waals surface area contributed by atoms with Crippen molar-refractivity contribution in [2.75, 3.05) is 34.3 Å². The summed E-state index contributed by atoms with van der Waals surface area (Å²) >= 11 is 0. The number of rotatable bonds is 3. The van der Waals surface area contributed by atoms with Gasteiger partial charge in [-0.25, -0.2) is 0 Å². The smallest absolute Gasteiger partial charge is 0.119 e. The van der Waals surface area contributed by atoms with E-state index in [-0.39, 0.29) is 5.54 Å². The summed E-state index contributed by atoms with van der Waals surface area (Å²) in [4.78, 5) is 2.31. The predicted octanol–water partition coefficient (Wildman–Crippen LogP) is 1.45. The van der Waals surface area contributed by atoms with E-state index in [0.29, 0.717) is 0 Å². The Kier molecular flexibility index (Phi) is 3.17. The number of hydrogen-bond donors (Lipinski definition) is 1. The molecule has 1 aromatic rings. The highest BCUT2D eigenvalue weighted by Crippen LogP contribution is 2.34. The lowest BCUT2D eigenvalue weighted by Gasteiger charge is -2.36. The second-order valence-electron chi connectivity index (χ2n) is 4.58. The maximum Gasteiger partial charge on any atom is 0.119 e. The zero-order chi connectivity index (χ0) is 11.6. The number of nitrogens with one attached hydrogen (secondary N) is 1. The zero-order valence-electron chi connectivity index (χ0n) is 10.3. The van der Waals surface area contributed by atoms with Crippen LogP contribution in [0.25, 0.3) is 0 Å². The van der Waals surface area contributed by atoms with E-state index >= 15 is 0 Å². The second kappa shape index (κ2) is 4.44. The first-order valence-electron chi connectivity index (χ1n) is 5.72. The first-order valence-corrected chi connectivity index (χ1v) is 5.72. The van der Waals surface area contributed by atoms with Crippen LogP contribution in [0.1, 0.15) is 12.0 Å². The number of nitrogens with zero attached hydrogens (tertiary/aromatic N) is 1. The van der Waals surface area contributed by atoms with Gasteiger partial charge < -0.3 is 10.1 Å². The number of benzene rings is 1. The van der Waals surface area contributed by atoms with Crippen LogP contribution in [0.5, 0.6) is 5.75 Å². The van der Waals surface area contributed by atoms with Gasteiger partial charge in [-0.15, -0.1) is 0 Å². The topological polar surface area (TPSA) is 24.5 Å². The van der Waals surface area contributed by atoms with Crippen LogP contribution in [-0.4, -0.2) is 39.2 Å². The fraction of sp³-hybridized carbons (Fsp3) is 0.538. The summed E-state index contributed by atoms with van der Waals surface area (Å²) in [5.41, 5.74) is 1.45. The molecule has 0 radical (unpaired) electrons. The summed E-state index contributed by atoms with van der Waals surface area (Å²) < 4.78 is 5.30. The monoisotopic (exact) mass is 220 g/mol. The van der Waals surface area contributed by atoms with Crippen LogP contribution < -0.4 is 10.1 Å². The van der Waals surface area contributed by atoms with Crippen molar-refractivity contribution in [3.8, 4) is 5.75 Å². The molecule has 1 aliphatic heterocycles. The van der Waals surface area contributed by atoms with E-state index in [1.54, 1.807) is 7.11 Å². The van der Waals surface area contributed by atoms with Gasteiger partial charge in [0.15, 0.2) is 0 Å². The van der Waals surface area contributed by atoms with Crippen molar-refractivity contribution in [3.05, 3.63) is 29.8 Å². The lowest BCUT2D eigenvalue weighted by Crippen LogP contribution is -2.43. The minimum absolute atomic E-state index is 0.120. The molecule has 0 bridgehead atoms. The van der Waals surface area contributed by atoms with Crippen LogP contribution >= 0.6 is 0 Å². The van der Waals surface area contributed by atoms with Gasteiger partial charge in [-0.1, -0.05) is 12.1 Å². The van der Waals surface area contributed by atoms with Gasteiger partial charge in [0.1, 0.15) is 5.75 Å². The molecule has 1 heterocycles. The summed E-state index contributed by atoms with van der Waals surface area (Å²) in [6.07, 6.45) is 1.15. The average Bonchev–Trinajstić information content (AvgIpc) is 2.79. The number of ether oxygens (including phenoxy) is 1. The molecule has 1 unspecified atom stereocenters. The number of methoxy groups -OCH3 is 1. The Labute approximate surface area is 97.4 Å². The van der Waals surface area contributed by atoms with E-state index in [0.717, 1.165) is 25.3 Å². The van der Waals surface area contributed by atoms with Gasteiger partial charge in [0.2, 0.25) is 0 Å². The Morgan fingerprint density at radius 1 is 1.38 bits per heavy atom. The first kappa shape index (κ1) is 11.4. The van der Waals surface area contributed by atoms with Gasteiger partial charge >= 0.3 is 0 Å². The molecular weight excluding hydrogens is 200 g/mol. The molecule has 2 rings (SSSR count). The molecule has 3 heteroatoms. The Morgan fingerprint density at radius 3 is 2.75 bits per heavy atom. The van der Waals surface area contributed by atoms with Crippen LogP contribution in [0, 0.1) is 0 Å². The molecule has 16 heavy (non-hydrogen) atoms. The molecule has 1 saturated heterocycles. The Morgan fingerprint density at radius 2 is 2.19 bits per heavy atom. The van der Waals surface area contributed by atoms with Gasteiger partial charge in [0.25, 0.3) is 0 Å². The van der Waals surface area contributed by atoms with Crippen LogP contribution in [0.15, 0.2) is 24.3 Å². The zero-order valence-corrected chi connectivity index (χ0v) is 10.3. The highest BCUT2D eigenvalue weighted by Gasteiger charge is 2.37. The molecule has 0 saturated carbocycles. The molecule has 1 N–H and O–H groups in total. The Hall–Kier alpha value is -1.06. The third-order valence-corrected chi connectivity index (χ3v) is 3.60. The van der Waals surface area contributed by atoms with E-state index in [1.165, 1.54) is 5.56 Å². The second-order valence-corrected chi connectivity index (χ2v) is 4.58. The summed E-state index contributed by atoms with van der Waals surface area (Å²) in [6.45, 7) is 2.09. The Bertz CT molecular complexity index is 357. The molecule has 0 amide bonds. The van der Waals surface area contributed by atoms with Gasteiger partial charge in [0, 0.05) is 6.54 Å². The lowest BCUT2D eigenvalue weighted by molar-refractivity contribution is 0.174. The molecule has 1 aromatic carbocycles. The van der Waals surface area contributed by atoms with Crippen LogP contribution in [0.2, 0.25) is 0 Å². The van der Waals surface area contributed by atoms with Crippen molar-refractivity contribution in [2.45, 2.75) is 12.0 Å². The minimum Gasteiger partial charge on any atom is -0.497 e. The molecule has 88 valence electrons. The van der Waals surface area contributed by atoms with Crippen molar-refractivity contribution in [1.29, 1.82) is 0 Å². The molecule has 1 aliphatic rings. The quantitative estimate of drug-likeness (QED) is 0.834. The maximum absolute atomic E-state index is 5.30. The molecule has 3 nitrogen and oxygen atoms in total. The number of hydrogen-bond acceptors (Lipinski definition) is 3. The molecule has 1 atom stereocenters. The summed E-state index contributed by atoms with van der Waals surface area (Å²) in [5, 5.41) is 3.45. The summed E-state index contributed by atoms with van der Waals surface area (Å²) in [6, 6.07) is 8.40. The van der Waals surface area contributed by atoms with Crippen molar-refractivity contribution in [1.82, 2.24) is 10.2 Å². The third-order valence-electron chi connectivity index (χ3n) is 3.60. The van der Waals surface area contributed by atoms with Crippen molar-refractivity contribution in [2.24, 2.45) is 0 Å². The third kappa shape index (κ3) is 1.81.